The summed E-state index contributed by atoms with van der Waals surface area (Å²) < 4.78 is 4.39. The molecule has 0 spiro atoms. The van der Waals surface area contributed by atoms with Crippen molar-refractivity contribution in [1.82, 2.24) is 19.0 Å². The van der Waals surface area contributed by atoms with Crippen molar-refractivity contribution in [2.75, 3.05) is 27.2 Å². The van der Waals surface area contributed by atoms with Crippen LogP contribution in [0.5, 0.6) is 0 Å². The van der Waals surface area contributed by atoms with E-state index in [1.165, 1.54) is 19.3 Å². The van der Waals surface area contributed by atoms with E-state index in [-0.39, 0.29) is 0 Å². The quantitative estimate of drug-likeness (QED) is 0.469. The summed E-state index contributed by atoms with van der Waals surface area (Å²) in [7, 11) is 3.97. The summed E-state index contributed by atoms with van der Waals surface area (Å²) in [4.78, 5) is 7.83. The Balaban J connectivity index is 1.98. The van der Waals surface area contributed by atoms with Gasteiger partial charge in [0.1, 0.15) is 0 Å². The molecule has 24 heavy (non-hydrogen) atoms. The highest BCUT2D eigenvalue weighted by Crippen LogP contribution is 2.37. The summed E-state index contributed by atoms with van der Waals surface area (Å²) >= 11 is 1.80. The predicted molar refractivity (Wildman–Crippen MR) is 101 cm³/mol. The molecule has 0 atom stereocenters. The zero-order valence-corrected chi connectivity index (χ0v) is 15.5. The van der Waals surface area contributed by atoms with Crippen molar-refractivity contribution in [3.05, 3.63) is 36.0 Å². The first-order valence-electron chi connectivity index (χ1n) is 8.44. The van der Waals surface area contributed by atoms with Gasteiger partial charge in [0, 0.05) is 27.2 Å². The van der Waals surface area contributed by atoms with Crippen LogP contribution < -0.4 is 0 Å². The molecule has 1 aromatic heterocycles. The second kappa shape index (κ2) is 7.85. The monoisotopic (exact) mass is 343 g/mol. The molecule has 1 aromatic carbocycles. The number of hydrogen-bond acceptors (Lipinski definition) is 4. The maximum atomic E-state index is 4.76. The zero-order chi connectivity index (χ0) is 16.9. The Kier molecular flexibility index (Phi) is 5.58. The van der Waals surface area contributed by atoms with Gasteiger partial charge in [-0.2, -0.15) is 5.10 Å². The van der Waals surface area contributed by atoms with Crippen LogP contribution in [0, 0.1) is 6.92 Å². The number of rotatable bonds is 5. The fourth-order valence-corrected chi connectivity index (χ4v) is 3.82. The Morgan fingerprint density at radius 1 is 1.12 bits per heavy atom. The van der Waals surface area contributed by atoms with Gasteiger partial charge in [0.25, 0.3) is 0 Å². The molecule has 5 nitrogen and oxygen atoms in total. The summed E-state index contributed by atoms with van der Waals surface area (Å²) in [6, 6.07) is 10.2. The Morgan fingerprint density at radius 3 is 2.50 bits per heavy atom. The van der Waals surface area contributed by atoms with E-state index < -0.39 is 0 Å². The van der Waals surface area contributed by atoms with E-state index in [4.69, 9.17) is 10.1 Å². The lowest BCUT2D eigenvalue weighted by molar-refractivity contribution is 0.380. The van der Waals surface area contributed by atoms with Crippen molar-refractivity contribution in [3.63, 3.8) is 0 Å². The van der Waals surface area contributed by atoms with E-state index in [9.17, 15) is 0 Å². The molecule has 2 aromatic rings. The van der Waals surface area contributed by atoms with Gasteiger partial charge in [0.15, 0.2) is 5.82 Å². The van der Waals surface area contributed by atoms with Gasteiger partial charge in [0.2, 0.25) is 0 Å². The minimum atomic E-state index is 0.906. The fourth-order valence-electron chi connectivity index (χ4n) is 2.73. The molecule has 0 aliphatic carbocycles. The topological polar surface area (TPSA) is 36.7 Å². The first kappa shape index (κ1) is 17.0. The average Bonchev–Trinajstić information content (AvgIpc) is 2.91. The molecule has 3 rings (SSSR count). The summed E-state index contributed by atoms with van der Waals surface area (Å²) in [6.07, 6.45) is 5.73. The maximum Gasteiger partial charge on any atom is 0.172 e. The molecule has 0 radical (unpaired) electrons. The standard InChI is InChI=1S/C18H25N5S/c1-15-17(24-22-12-8-5-9-13-22)18(19-14-21(2)3)23(20-15)16-10-6-4-7-11-16/h4,6-7,10-11,14H,5,8-9,12-13H2,1-3H3. The highest BCUT2D eigenvalue weighted by molar-refractivity contribution is 7.97. The molecular weight excluding hydrogens is 318 g/mol. The SMILES string of the molecule is Cc1nn(-c2ccccc2)c(N=CN(C)C)c1SN1CCCCC1. The van der Waals surface area contributed by atoms with Gasteiger partial charge in [0.05, 0.1) is 22.6 Å². The van der Waals surface area contributed by atoms with Crippen molar-refractivity contribution in [2.45, 2.75) is 31.1 Å². The summed E-state index contributed by atoms with van der Waals surface area (Å²) in [5.41, 5.74) is 2.07. The highest BCUT2D eigenvalue weighted by Gasteiger charge is 2.20. The molecule has 0 amide bonds. The van der Waals surface area contributed by atoms with E-state index in [0.29, 0.717) is 0 Å². The van der Waals surface area contributed by atoms with Crippen molar-refractivity contribution < 1.29 is 0 Å². The Bertz CT molecular complexity index is 687. The number of hydrogen-bond donors (Lipinski definition) is 0. The first-order valence-corrected chi connectivity index (χ1v) is 9.21. The van der Waals surface area contributed by atoms with Crippen LogP contribution in [0.25, 0.3) is 5.69 Å². The van der Waals surface area contributed by atoms with E-state index in [1.54, 1.807) is 11.9 Å². The van der Waals surface area contributed by atoms with Crippen molar-refractivity contribution >= 4 is 24.1 Å². The molecule has 1 aliphatic heterocycles. The van der Waals surface area contributed by atoms with Crippen molar-refractivity contribution in [2.24, 2.45) is 4.99 Å². The third-order valence-electron chi connectivity index (χ3n) is 3.93. The van der Waals surface area contributed by atoms with Crippen LogP contribution in [0.15, 0.2) is 40.2 Å². The van der Waals surface area contributed by atoms with E-state index in [0.717, 1.165) is 35.2 Å². The number of aromatic nitrogens is 2. The normalized spacial score (nSPS) is 16.0. The van der Waals surface area contributed by atoms with E-state index in [1.807, 2.05) is 48.2 Å². The molecule has 0 unspecified atom stereocenters. The molecule has 6 heteroatoms. The number of para-hydroxylation sites is 1. The van der Waals surface area contributed by atoms with Crippen molar-refractivity contribution in [3.8, 4) is 5.69 Å². The highest BCUT2D eigenvalue weighted by atomic mass is 32.2. The molecule has 1 saturated heterocycles. The van der Waals surface area contributed by atoms with Gasteiger partial charge in [-0.1, -0.05) is 24.6 Å². The van der Waals surface area contributed by atoms with Crippen LogP contribution in [-0.2, 0) is 0 Å². The smallest absolute Gasteiger partial charge is 0.172 e. The lowest BCUT2D eigenvalue weighted by Gasteiger charge is -2.25. The van der Waals surface area contributed by atoms with Crippen LogP contribution in [0.4, 0.5) is 5.82 Å². The largest absolute Gasteiger partial charge is 0.369 e. The lowest BCUT2D eigenvalue weighted by atomic mass is 10.2. The Labute approximate surface area is 148 Å². The third kappa shape index (κ3) is 3.99. The molecular formula is C18H25N5S. The van der Waals surface area contributed by atoms with Gasteiger partial charge < -0.3 is 4.90 Å². The molecule has 2 heterocycles. The fraction of sp³-hybridized carbons (Fsp3) is 0.444. The maximum absolute atomic E-state index is 4.76. The Morgan fingerprint density at radius 2 is 1.83 bits per heavy atom. The predicted octanol–water partition coefficient (Wildman–Crippen LogP) is 3.90. The second-order valence-corrected chi connectivity index (χ2v) is 7.38. The number of benzene rings is 1. The molecule has 0 saturated carbocycles. The second-order valence-electron chi connectivity index (χ2n) is 6.27. The number of aliphatic imine (C=N–C) groups is 1. The molecule has 0 bridgehead atoms. The van der Waals surface area contributed by atoms with Crippen LogP contribution >= 0.6 is 11.9 Å². The Hall–Kier alpha value is -1.79. The van der Waals surface area contributed by atoms with Crippen LogP contribution in [0.3, 0.4) is 0 Å². The van der Waals surface area contributed by atoms with Crippen LogP contribution in [0.1, 0.15) is 25.0 Å². The number of aryl methyl sites for hydroxylation is 1. The zero-order valence-electron chi connectivity index (χ0n) is 14.6. The minimum absolute atomic E-state index is 0.906. The van der Waals surface area contributed by atoms with E-state index >= 15 is 0 Å². The molecule has 1 fully saturated rings. The summed E-state index contributed by atoms with van der Waals surface area (Å²) in [6.45, 7) is 4.34. The van der Waals surface area contributed by atoms with E-state index in [2.05, 4.69) is 23.4 Å². The van der Waals surface area contributed by atoms with Gasteiger partial charge >= 0.3 is 0 Å². The molecule has 1 aliphatic rings. The van der Waals surface area contributed by atoms with Crippen molar-refractivity contribution in [1.29, 1.82) is 0 Å². The summed E-state index contributed by atoms with van der Waals surface area (Å²) in [5.74, 6) is 0.906. The molecule has 0 N–H and O–H groups in total. The van der Waals surface area contributed by atoms with Gasteiger partial charge in [-0.15, -0.1) is 0 Å². The van der Waals surface area contributed by atoms with Gasteiger partial charge in [-0.3, -0.25) is 0 Å². The molecule has 128 valence electrons. The van der Waals surface area contributed by atoms with Gasteiger partial charge in [-0.05, 0) is 43.8 Å². The third-order valence-corrected chi connectivity index (χ3v) is 5.21. The minimum Gasteiger partial charge on any atom is -0.369 e. The summed E-state index contributed by atoms with van der Waals surface area (Å²) in [5, 5.41) is 4.76. The average molecular weight is 344 g/mol. The number of nitrogens with zero attached hydrogens (tertiary/aromatic N) is 5. The van der Waals surface area contributed by atoms with Gasteiger partial charge in [-0.25, -0.2) is 14.0 Å². The lowest BCUT2D eigenvalue weighted by Crippen LogP contribution is -2.22. The first-order chi connectivity index (χ1) is 11.6. The number of piperidine rings is 1. The van der Waals surface area contributed by atoms with Crippen LogP contribution in [0.2, 0.25) is 0 Å². The van der Waals surface area contributed by atoms with Crippen LogP contribution in [-0.4, -0.2) is 52.5 Å².